The monoisotopic (exact) mass is 339 g/mol. The van der Waals surface area contributed by atoms with Crippen LogP contribution in [0.3, 0.4) is 0 Å². The van der Waals surface area contributed by atoms with Crippen molar-refractivity contribution in [1.82, 2.24) is 14.9 Å². The Hall–Kier alpha value is -2.63. The quantitative estimate of drug-likeness (QED) is 0.904. The van der Waals surface area contributed by atoms with Gasteiger partial charge in [-0.3, -0.25) is 4.79 Å². The van der Waals surface area contributed by atoms with Crippen LogP contribution in [0, 0.1) is 6.92 Å². The SMILES string of the molecule is CCc1cccc(C)c1NCC(=O)N1CCN(c2ncccn2)CC1. The van der Waals surface area contributed by atoms with Gasteiger partial charge in [-0.1, -0.05) is 25.1 Å². The topological polar surface area (TPSA) is 61.4 Å². The average molecular weight is 339 g/mol. The molecule has 0 spiro atoms. The van der Waals surface area contributed by atoms with Gasteiger partial charge in [0.05, 0.1) is 6.54 Å². The molecule has 25 heavy (non-hydrogen) atoms. The highest BCUT2D eigenvalue weighted by atomic mass is 16.2. The molecule has 0 saturated carbocycles. The van der Waals surface area contributed by atoms with Crippen LogP contribution in [0.2, 0.25) is 0 Å². The Balaban J connectivity index is 1.54. The van der Waals surface area contributed by atoms with E-state index in [0.29, 0.717) is 19.6 Å². The lowest BCUT2D eigenvalue weighted by molar-refractivity contribution is -0.129. The highest BCUT2D eigenvalue weighted by Crippen LogP contribution is 2.21. The second kappa shape index (κ2) is 7.96. The van der Waals surface area contributed by atoms with Gasteiger partial charge in [-0.2, -0.15) is 0 Å². The van der Waals surface area contributed by atoms with Crippen LogP contribution in [0.1, 0.15) is 18.1 Å². The summed E-state index contributed by atoms with van der Waals surface area (Å²) in [5.41, 5.74) is 3.52. The number of nitrogens with zero attached hydrogens (tertiary/aromatic N) is 4. The Morgan fingerprint density at radius 3 is 2.52 bits per heavy atom. The maximum Gasteiger partial charge on any atom is 0.241 e. The van der Waals surface area contributed by atoms with E-state index in [9.17, 15) is 4.79 Å². The number of para-hydroxylation sites is 1. The van der Waals surface area contributed by atoms with Crippen molar-refractivity contribution in [1.29, 1.82) is 0 Å². The highest BCUT2D eigenvalue weighted by Gasteiger charge is 2.22. The predicted molar refractivity (Wildman–Crippen MR) is 99.9 cm³/mol. The number of nitrogens with one attached hydrogen (secondary N) is 1. The minimum absolute atomic E-state index is 0.138. The lowest BCUT2D eigenvalue weighted by Crippen LogP contribution is -2.50. The molecule has 1 aliphatic heterocycles. The summed E-state index contributed by atoms with van der Waals surface area (Å²) >= 11 is 0. The summed E-state index contributed by atoms with van der Waals surface area (Å²) in [4.78, 5) is 25.1. The fourth-order valence-electron chi connectivity index (χ4n) is 3.16. The molecule has 0 aliphatic carbocycles. The van der Waals surface area contributed by atoms with Crippen LogP contribution < -0.4 is 10.2 Å². The maximum absolute atomic E-state index is 12.5. The molecule has 6 heteroatoms. The number of anilines is 2. The van der Waals surface area contributed by atoms with Gasteiger partial charge >= 0.3 is 0 Å². The van der Waals surface area contributed by atoms with Gasteiger partial charge in [0.1, 0.15) is 0 Å². The summed E-state index contributed by atoms with van der Waals surface area (Å²) in [7, 11) is 0. The number of carbonyl (C=O) groups excluding carboxylic acids is 1. The van der Waals surface area contributed by atoms with Gasteiger partial charge in [0.2, 0.25) is 11.9 Å². The van der Waals surface area contributed by atoms with Gasteiger partial charge in [0.25, 0.3) is 0 Å². The second-order valence-corrected chi connectivity index (χ2v) is 6.23. The average Bonchev–Trinajstić information content (AvgIpc) is 2.67. The van der Waals surface area contributed by atoms with Crippen LogP contribution >= 0.6 is 0 Å². The lowest BCUT2D eigenvalue weighted by atomic mass is 10.1. The summed E-state index contributed by atoms with van der Waals surface area (Å²) in [5.74, 6) is 0.874. The van der Waals surface area contributed by atoms with Crippen molar-refractivity contribution in [2.24, 2.45) is 0 Å². The molecule has 1 N–H and O–H groups in total. The zero-order chi connectivity index (χ0) is 17.6. The lowest BCUT2D eigenvalue weighted by Gasteiger charge is -2.34. The van der Waals surface area contributed by atoms with E-state index in [0.717, 1.165) is 31.1 Å². The van der Waals surface area contributed by atoms with Crippen molar-refractivity contribution in [2.75, 3.05) is 42.9 Å². The van der Waals surface area contributed by atoms with Gasteiger partial charge in [-0.25, -0.2) is 9.97 Å². The molecular formula is C19H25N5O. The van der Waals surface area contributed by atoms with E-state index in [2.05, 4.69) is 52.2 Å². The summed E-state index contributed by atoms with van der Waals surface area (Å²) in [6, 6.07) is 8.06. The van der Waals surface area contributed by atoms with E-state index in [1.54, 1.807) is 12.4 Å². The van der Waals surface area contributed by atoms with Crippen LogP contribution in [0.25, 0.3) is 0 Å². The number of aromatic nitrogens is 2. The smallest absolute Gasteiger partial charge is 0.241 e. The van der Waals surface area contributed by atoms with Gasteiger partial charge in [0, 0.05) is 44.3 Å². The molecule has 132 valence electrons. The number of aryl methyl sites for hydroxylation is 2. The maximum atomic E-state index is 12.5. The van der Waals surface area contributed by atoms with Crippen molar-refractivity contribution in [3.05, 3.63) is 47.8 Å². The minimum Gasteiger partial charge on any atom is -0.376 e. The fraction of sp³-hybridized carbons (Fsp3) is 0.421. The van der Waals surface area contributed by atoms with Gasteiger partial charge in [0.15, 0.2) is 0 Å². The molecule has 1 fully saturated rings. The van der Waals surface area contributed by atoms with Crippen molar-refractivity contribution in [2.45, 2.75) is 20.3 Å². The van der Waals surface area contributed by atoms with Crippen molar-refractivity contribution in [3.8, 4) is 0 Å². The van der Waals surface area contributed by atoms with Crippen LogP contribution in [-0.4, -0.2) is 53.5 Å². The first-order valence-corrected chi connectivity index (χ1v) is 8.81. The molecule has 0 atom stereocenters. The van der Waals surface area contributed by atoms with Crippen molar-refractivity contribution < 1.29 is 4.79 Å². The second-order valence-electron chi connectivity index (χ2n) is 6.23. The first-order valence-electron chi connectivity index (χ1n) is 8.81. The summed E-state index contributed by atoms with van der Waals surface area (Å²) in [6.45, 7) is 7.47. The van der Waals surface area contributed by atoms with E-state index < -0.39 is 0 Å². The van der Waals surface area contributed by atoms with Crippen molar-refractivity contribution in [3.63, 3.8) is 0 Å². The number of piperazine rings is 1. The first kappa shape index (κ1) is 17.2. The predicted octanol–water partition coefficient (Wildman–Crippen LogP) is 2.11. The zero-order valence-corrected chi connectivity index (χ0v) is 14.9. The Kier molecular flexibility index (Phi) is 5.48. The summed E-state index contributed by atoms with van der Waals surface area (Å²) < 4.78 is 0. The minimum atomic E-state index is 0.138. The van der Waals surface area contributed by atoms with Gasteiger partial charge in [-0.05, 0) is 30.5 Å². The molecular weight excluding hydrogens is 314 g/mol. The number of rotatable bonds is 5. The molecule has 0 radical (unpaired) electrons. The van der Waals surface area contributed by atoms with E-state index in [1.807, 2.05) is 11.0 Å². The third-order valence-corrected chi connectivity index (χ3v) is 4.62. The third-order valence-electron chi connectivity index (χ3n) is 4.62. The molecule has 1 saturated heterocycles. The first-order chi connectivity index (χ1) is 12.2. The molecule has 2 aromatic rings. The number of benzene rings is 1. The molecule has 3 rings (SSSR count). The standard InChI is InChI=1S/C19H25N5O/c1-3-16-7-4-6-15(2)18(16)22-14-17(25)23-10-12-24(13-11-23)19-20-8-5-9-21-19/h4-9,22H,3,10-14H2,1-2H3. The summed E-state index contributed by atoms with van der Waals surface area (Å²) in [6.07, 6.45) is 4.45. The van der Waals surface area contributed by atoms with Crippen molar-refractivity contribution >= 4 is 17.5 Å². The molecule has 0 unspecified atom stereocenters. The highest BCUT2D eigenvalue weighted by molar-refractivity contribution is 5.81. The zero-order valence-electron chi connectivity index (χ0n) is 14.9. The fourth-order valence-corrected chi connectivity index (χ4v) is 3.16. The van der Waals surface area contributed by atoms with Crippen LogP contribution in [-0.2, 0) is 11.2 Å². The molecule has 1 aliphatic rings. The Labute approximate surface area is 148 Å². The summed E-state index contributed by atoms with van der Waals surface area (Å²) in [5, 5.41) is 3.34. The third kappa shape index (κ3) is 4.07. The van der Waals surface area contributed by atoms with Gasteiger partial charge < -0.3 is 15.1 Å². The molecule has 0 bridgehead atoms. The Morgan fingerprint density at radius 1 is 1.12 bits per heavy atom. The molecule has 2 heterocycles. The molecule has 6 nitrogen and oxygen atoms in total. The van der Waals surface area contributed by atoms with E-state index >= 15 is 0 Å². The number of amides is 1. The molecule has 1 amide bonds. The number of carbonyl (C=O) groups is 1. The Bertz CT molecular complexity index is 711. The van der Waals surface area contributed by atoms with E-state index in [-0.39, 0.29) is 5.91 Å². The molecule has 1 aromatic heterocycles. The Morgan fingerprint density at radius 2 is 1.84 bits per heavy atom. The largest absolute Gasteiger partial charge is 0.376 e. The van der Waals surface area contributed by atoms with Gasteiger partial charge in [-0.15, -0.1) is 0 Å². The van der Waals surface area contributed by atoms with Crippen LogP contribution in [0.4, 0.5) is 11.6 Å². The number of hydrogen-bond donors (Lipinski definition) is 1. The molecule has 1 aromatic carbocycles. The van der Waals surface area contributed by atoms with Crippen LogP contribution in [0.5, 0.6) is 0 Å². The van der Waals surface area contributed by atoms with E-state index in [1.165, 1.54) is 11.1 Å². The normalized spacial score (nSPS) is 14.5. The number of hydrogen-bond acceptors (Lipinski definition) is 5. The van der Waals surface area contributed by atoms with Crippen LogP contribution in [0.15, 0.2) is 36.7 Å². The van der Waals surface area contributed by atoms with E-state index in [4.69, 9.17) is 0 Å².